The minimum Gasteiger partial charge on any atom is -0.396 e. The number of hydrogen-bond acceptors (Lipinski definition) is 4. The Morgan fingerprint density at radius 1 is 1.31 bits per heavy atom. The lowest BCUT2D eigenvalue weighted by molar-refractivity contribution is -0.121. The lowest BCUT2D eigenvalue weighted by atomic mass is 10.2. The highest BCUT2D eigenvalue weighted by atomic mass is 16.3. The monoisotopic (exact) mass is 231 g/mol. The van der Waals surface area contributed by atoms with Crippen LogP contribution in [0.2, 0.25) is 0 Å². The Morgan fingerprint density at radius 2 is 2.00 bits per heavy atom. The van der Waals surface area contributed by atoms with Crippen LogP contribution in [0.3, 0.4) is 0 Å². The first-order chi connectivity index (χ1) is 7.61. The van der Waals surface area contributed by atoms with Gasteiger partial charge in [-0.1, -0.05) is 0 Å². The molecule has 4 N–H and O–H groups in total. The second kappa shape index (κ2) is 9.11. The van der Waals surface area contributed by atoms with E-state index >= 15 is 0 Å². The van der Waals surface area contributed by atoms with E-state index in [-0.39, 0.29) is 12.5 Å². The summed E-state index contributed by atoms with van der Waals surface area (Å²) in [4.78, 5) is 22.4. The maximum atomic E-state index is 11.4. The molecule has 16 heavy (non-hydrogen) atoms. The van der Waals surface area contributed by atoms with Gasteiger partial charge in [0.05, 0.1) is 6.04 Å². The van der Waals surface area contributed by atoms with Crippen LogP contribution in [0.4, 0.5) is 4.79 Å². The third-order valence-electron chi connectivity index (χ3n) is 2.00. The van der Waals surface area contributed by atoms with Crippen LogP contribution in [0, 0.1) is 0 Å². The highest BCUT2D eigenvalue weighted by molar-refractivity contribution is 5.96. The van der Waals surface area contributed by atoms with Gasteiger partial charge in [-0.2, -0.15) is 0 Å². The number of imide groups is 1. The average molecular weight is 231 g/mol. The number of rotatable bonds is 7. The van der Waals surface area contributed by atoms with Gasteiger partial charge in [-0.3, -0.25) is 10.1 Å². The third-order valence-corrected chi connectivity index (χ3v) is 2.00. The molecule has 0 aromatic rings. The van der Waals surface area contributed by atoms with Crippen molar-refractivity contribution in [3.8, 4) is 0 Å². The molecule has 0 fully saturated rings. The molecule has 3 amide bonds. The second-order valence-corrected chi connectivity index (χ2v) is 3.46. The summed E-state index contributed by atoms with van der Waals surface area (Å²) in [6.45, 7) is 4.75. The summed E-state index contributed by atoms with van der Waals surface area (Å²) < 4.78 is 0. The van der Waals surface area contributed by atoms with Gasteiger partial charge in [-0.15, -0.1) is 0 Å². The van der Waals surface area contributed by atoms with Gasteiger partial charge in [0.2, 0.25) is 5.91 Å². The van der Waals surface area contributed by atoms with Gasteiger partial charge in [0.15, 0.2) is 0 Å². The van der Waals surface area contributed by atoms with E-state index in [1.54, 1.807) is 13.8 Å². The number of aliphatic hydroxyl groups is 1. The zero-order valence-corrected chi connectivity index (χ0v) is 9.88. The molecule has 0 rings (SSSR count). The molecular formula is C10H21N3O3. The topological polar surface area (TPSA) is 90.5 Å². The lowest BCUT2D eigenvalue weighted by Gasteiger charge is -2.13. The predicted octanol–water partition coefficient (Wildman–Crippen LogP) is -0.417. The van der Waals surface area contributed by atoms with Crippen LogP contribution < -0.4 is 16.0 Å². The van der Waals surface area contributed by atoms with Crippen molar-refractivity contribution in [1.29, 1.82) is 0 Å². The van der Waals surface area contributed by atoms with Crippen molar-refractivity contribution < 1.29 is 14.7 Å². The molecule has 0 radical (unpaired) electrons. The molecule has 0 aliphatic carbocycles. The summed E-state index contributed by atoms with van der Waals surface area (Å²) in [5, 5.41) is 16.2. The van der Waals surface area contributed by atoms with E-state index in [9.17, 15) is 9.59 Å². The standard InChI is InChI=1S/C10H21N3O3/c1-3-11-10(16)13-9(15)8(2)12-6-4-5-7-14/h8,12,14H,3-7H2,1-2H3,(H2,11,13,15,16). The van der Waals surface area contributed by atoms with E-state index in [2.05, 4.69) is 16.0 Å². The molecule has 0 heterocycles. The number of aliphatic hydroxyl groups excluding tert-OH is 1. The number of nitrogens with one attached hydrogen (secondary N) is 3. The van der Waals surface area contributed by atoms with E-state index in [1.807, 2.05) is 0 Å². The highest BCUT2D eigenvalue weighted by Crippen LogP contribution is 1.87. The van der Waals surface area contributed by atoms with Gasteiger partial charge in [0, 0.05) is 13.2 Å². The number of hydrogen-bond donors (Lipinski definition) is 4. The van der Waals surface area contributed by atoms with Gasteiger partial charge in [0.25, 0.3) is 0 Å². The summed E-state index contributed by atoms with van der Waals surface area (Å²) in [6.07, 6.45) is 1.51. The first kappa shape index (κ1) is 14.9. The molecule has 0 aliphatic heterocycles. The smallest absolute Gasteiger partial charge is 0.321 e. The van der Waals surface area contributed by atoms with Gasteiger partial charge >= 0.3 is 6.03 Å². The van der Waals surface area contributed by atoms with Crippen LogP contribution in [0.25, 0.3) is 0 Å². The zero-order valence-electron chi connectivity index (χ0n) is 9.88. The SMILES string of the molecule is CCNC(=O)NC(=O)C(C)NCCCCO. The van der Waals surface area contributed by atoms with E-state index < -0.39 is 12.1 Å². The Morgan fingerprint density at radius 3 is 2.56 bits per heavy atom. The fourth-order valence-corrected chi connectivity index (χ4v) is 1.07. The molecule has 6 heteroatoms. The number of carbonyl (C=O) groups excluding carboxylic acids is 2. The first-order valence-corrected chi connectivity index (χ1v) is 5.54. The second-order valence-electron chi connectivity index (χ2n) is 3.46. The molecule has 0 saturated carbocycles. The van der Waals surface area contributed by atoms with Crippen molar-refractivity contribution in [3.63, 3.8) is 0 Å². The lowest BCUT2D eigenvalue weighted by Crippen LogP contribution is -2.48. The van der Waals surface area contributed by atoms with E-state index in [1.165, 1.54) is 0 Å². The van der Waals surface area contributed by atoms with Crippen LogP contribution in [-0.4, -0.2) is 42.8 Å². The predicted molar refractivity (Wildman–Crippen MR) is 61.0 cm³/mol. The third kappa shape index (κ3) is 7.19. The van der Waals surface area contributed by atoms with Crippen molar-refractivity contribution in [2.45, 2.75) is 32.7 Å². The molecule has 0 aromatic carbocycles. The van der Waals surface area contributed by atoms with Crippen LogP contribution >= 0.6 is 0 Å². The fraction of sp³-hybridized carbons (Fsp3) is 0.800. The quantitative estimate of drug-likeness (QED) is 0.448. The molecule has 6 nitrogen and oxygen atoms in total. The summed E-state index contributed by atoms with van der Waals surface area (Å²) in [6, 6.07) is -0.891. The Kier molecular flexibility index (Phi) is 8.46. The van der Waals surface area contributed by atoms with Gasteiger partial charge < -0.3 is 15.7 Å². The maximum Gasteiger partial charge on any atom is 0.321 e. The molecule has 0 bridgehead atoms. The van der Waals surface area contributed by atoms with Gasteiger partial charge in [-0.05, 0) is 33.2 Å². The van der Waals surface area contributed by atoms with Crippen molar-refractivity contribution in [1.82, 2.24) is 16.0 Å². The van der Waals surface area contributed by atoms with Gasteiger partial charge in [0.1, 0.15) is 0 Å². The van der Waals surface area contributed by atoms with Crippen molar-refractivity contribution in [2.75, 3.05) is 19.7 Å². The van der Waals surface area contributed by atoms with Crippen LogP contribution in [0.5, 0.6) is 0 Å². The van der Waals surface area contributed by atoms with Crippen LogP contribution in [0.15, 0.2) is 0 Å². The Hall–Kier alpha value is -1.14. The molecule has 0 aliphatic rings. The maximum absolute atomic E-state index is 11.4. The van der Waals surface area contributed by atoms with E-state index in [4.69, 9.17) is 5.11 Å². The summed E-state index contributed by atoms with van der Waals surface area (Å²) in [5.41, 5.74) is 0. The minimum atomic E-state index is -0.475. The normalized spacial score (nSPS) is 11.9. The summed E-state index contributed by atoms with van der Waals surface area (Å²) >= 11 is 0. The number of unbranched alkanes of at least 4 members (excludes halogenated alkanes) is 1. The van der Waals surface area contributed by atoms with E-state index in [0.29, 0.717) is 19.5 Å². The number of amides is 3. The Labute approximate surface area is 95.8 Å². The van der Waals surface area contributed by atoms with Crippen LogP contribution in [-0.2, 0) is 4.79 Å². The van der Waals surface area contributed by atoms with Gasteiger partial charge in [-0.25, -0.2) is 4.79 Å². The minimum absolute atomic E-state index is 0.154. The fourth-order valence-electron chi connectivity index (χ4n) is 1.07. The number of carbonyl (C=O) groups is 2. The number of urea groups is 1. The van der Waals surface area contributed by atoms with Crippen molar-refractivity contribution >= 4 is 11.9 Å². The van der Waals surface area contributed by atoms with Crippen LogP contribution in [0.1, 0.15) is 26.7 Å². The highest BCUT2D eigenvalue weighted by Gasteiger charge is 2.13. The first-order valence-electron chi connectivity index (χ1n) is 5.54. The zero-order chi connectivity index (χ0) is 12.4. The summed E-state index contributed by atoms with van der Waals surface area (Å²) in [7, 11) is 0. The van der Waals surface area contributed by atoms with Crippen molar-refractivity contribution in [3.05, 3.63) is 0 Å². The summed E-state index contributed by atoms with van der Waals surface area (Å²) in [5.74, 6) is -0.352. The molecule has 0 aromatic heterocycles. The van der Waals surface area contributed by atoms with E-state index in [0.717, 1.165) is 6.42 Å². The molecule has 1 unspecified atom stereocenters. The Balaban J connectivity index is 3.68. The molecule has 94 valence electrons. The largest absolute Gasteiger partial charge is 0.396 e. The Bertz CT molecular complexity index is 221. The molecule has 1 atom stereocenters. The molecule has 0 saturated heterocycles. The molecule has 0 spiro atoms. The van der Waals surface area contributed by atoms with Crippen molar-refractivity contribution in [2.24, 2.45) is 0 Å². The average Bonchev–Trinajstić information content (AvgIpc) is 2.24. The molecular weight excluding hydrogens is 210 g/mol.